The molecule has 1 atom stereocenters. The van der Waals surface area contributed by atoms with E-state index in [4.69, 9.17) is 5.11 Å². The van der Waals surface area contributed by atoms with Crippen molar-refractivity contribution in [3.05, 3.63) is 12.2 Å². The van der Waals surface area contributed by atoms with Gasteiger partial charge in [-0.25, -0.2) is 0 Å². The molecule has 0 radical (unpaired) electrons. The molecule has 0 fully saturated rings. The van der Waals surface area contributed by atoms with Crippen molar-refractivity contribution < 1.29 is 5.11 Å². The van der Waals surface area contributed by atoms with Crippen LogP contribution in [0.2, 0.25) is 0 Å². The van der Waals surface area contributed by atoms with Gasteiger partial charge in [-0.3, -0.25) is 0 Å². The van der Waals surface area contributed by atoms with E-state index in [0.717, 1.165) is 19.3 Å². The quantitative estimate of drug-likeness (QED) is 0.475. The van der Waals surface area contributed by atoms with Crippen LogP contribution in [0.4, 0.5) is 0 Å². The SMILES string of the molecule is C.OC1CC=CCC1. The third-order valence-corrected chi connectivity index (χ3v) is 1.24. The van der Waals surface area contributed by atoms with Crippen molar-refractivity contribution in [2.45, 2.75) is 32.8 Å². The third kappa shape index (κ3) is 2.12. The first-order valence-electron chi connectivity index (χ1n) is 2.72. The summed E-state index contributed by atoms with van der Waals surface area (Å²) in [5.41, 5.74) is 0. The molecule has 1 rings (SSSR count). The first-order valence-corrected chi connectivity index (χ1v) is 2.72. The van der Waals surface area contributed by atoms with Crippen LogP contribution in [0.5, 0.6) is 0 Å². The average Bonchev–Trinajstić information content (AvgIpc) is 1.69. The minimum Gasteiger partial charge on any atom is -0.393 e. The highest BCUT2D eigenvalue weighted by molar-refractivity contribution is 4.89. The van der Waals surface area contributed by atoms with Gasteiger partial charge in [0.05, 0.1) is 6.10 Å². The predicted octanol–water partition coefficient (Wildman–Crippen LogP) is 1.72. The zero-order chi connectivity index (χ0) is 5.11. The maximum atomic E-state index is 8.86. The smallest absolute Gasteiger partial charge is 0.0577 e. The Kier molecular flexibility index (Phi) is 3.53. The molecule has 0 aliphatic heterocycles. The van der Waals surface area contributed by atoms with Crippen LogP contribution >= 0.6 is 0 Å². The van der Waals surface area contributed by atoms with Crippen LogP contribution in [-0.2, 0) is 0 Å². The topological polar surface area (TPSA) is 20.2 Å². The second-order valence-corrected chi connectivity index (χ2v) is 1.94. The van der Waals surface area contributed by atoms with Crippen molar-refractivity contribution in [1.82, 2.24) is 0 Å². The molecule has 0 bridgehead atoms. The Morgan fingerprint density at radius 3 is 2.38 bits per heavy atom. The van der Waals surface area contributed by atoms with Crippen LogP contribution in [-0.4, -0.2) is 11.2 Å². The van der Waals surface area contributed by atoms with Crippen molar-refractivity contribution >= 4 is 0 Å². The Bertz CT molecular complexity index is 76.5. The van der Waals surface area contributed by atoms with Gasteiger partial charge in [0.15, 0.2) is 0 Å². The molecule has 0 aromatic heterocycles. The predicted molar refractivity (Wildman–Crippen MR) is 35.7 cm³/mol. The van der Waals surface area contributed by atoms with Gasteiger partial charge >= 0.3 is 0 Å². The van der Waals surface area contributed by atoms with E-state index < -0.39 is 0 Å². The standard InChI is InChI=1S/C6H10O.CH4/c7-6-4-2-1-3-5-6;/h1-2,6-7H,3-5H2;1H4. The molecule has 1 N–H and O–H groups in total. The van der Waals surface area contributed by atoms with E-state index in [1.165, 1.54) is 0 Å². The van der Waals surface area contributed by atoms with Crippen LogP contribution in [0.3, 0.4) is 0 Å². The lowest BCUT2D eigenvalue weighted by molar-refractivity contribution is 0.164. The molecule has 0 amide bonds. The van der Waals surface area contributed by atoms with E-state index in [1.54, 1.807) is 0 Å². The molecule has 1 nitrogen and oxygen atoms in total. The molecule has 1 heteroatoms. The fraction of sp³-hybridized carbons (Fsp3) is 0.714. The highest BCUT2D eigenvalue weighted by Crippen LogP contribution is 2.08. The maximum absolute atomic E-state index is 8.86. The third-order valence-electron chi connectivity index (χ3n) is 1.24. The first-order chi connectivity index (χ1) is 3.39. The highest BCUT2D eigenvalue weighted by Gasteiger charge is 2.02. The molecule has 0 heterocycles. The lowest BCUT2D eigenvalue weighted by atomic mass is 10.1. The van der Waals surface area contributed by atoms with Crippen LogP contribution in [0.25, 0.3) is 0 Å². The molecular formula is C7H14O. The summed E-state index contributed by atoms with van der Waals surface area (Å²) in [6.45, 7) is 0. The minimum absolute atomic E-state index is 0. The summed E-state index contributed by atoms with van der Waals surface area (Å²) < 4.78 is 0. The Morgan fingerprint density at radius 1 is 1.38 bits per heavy atom. The van der Waals surface area contributed by atoms with Gasteiger partial charge in [-0.05, 0) is 19.3 Å². The number of aliphatic hydroxyl groups excluding tert-OH is 1. The van der Waals surface area contributed by atoms with Gasteiger partial charge in [0.2, 0.25) is 0 Å². The molecule has 0 saturated heterocycles. The molecule has 0 aromatic rings. The fourth-order valence-electron chi connectivity index (χ4n) is 0.778. The number of allylic oxidation sites excluding steroid dienone is 1. The van der Waals surface area contributed by atoms with Crippen molar-refractivity contribution in [3.8, 4) is 0 Å². The van der Waals surface area contributed by atoms with Gasteiger partial charge in [-0.1, -0.05) is 19.6 Å². The van der Waals surface area contributed by atoms with Crippen LogP contribution in [0, 0.1) is 0 Å². The minimum atomic E-state index is -0.0509. The summed E-state index contributed by atoms with van der Waals surface area (Å²) in [5.74, 6) is 0. The molecule has 8 heavy (non-hydrogen) atoms. The number of hydrogen-bond acceptors (Lipinski definition) is 1. The first kappa shape index (κ1) is 7.70. The Hall–Kier alpha value is -0.300. The Morgan fingerprint density at radius 2 is 2.12 bits per heavy atom. The largest absolute Gasteiger partial charge is 0.393 e. The molecule has 1 unspecified atom stereocenters. The molecule has 0 aromatic carbocycles. The summed E-state index contributed by atoms with van der Waals surface area (Å²) >= 11 is 0. The van der Waals surface area contributed by atoms with Crippen molar-refractivity contribution in [3.63, 3.8) is 0 Å². The van der Waals surface area contributed by atoms with Crippen LogP contribution < -0.4 is 0 Å². The van der Waals surface area contributed by atoms with Gasteiger partial charge in [0.1, 0.15) is 0 Å². The van der Waals surface area contributed by atoms with E-state index in [1.807, 2.05) is 6.08 Å². The zero-order valence-electron chi connectivity index (χ0n) is 4.30. The molecule has 1 aliphatic carbocycles. The Labute approximate surface area is 51.0 Å². The summed E-state index contributed by atoms with van der Waals surface area (Å²) in [6.07, 6.45) is 6.98. The fourth-order valence-corrected chi connectivity index (χ4v) is 0.778. The molecule has 48 valence electrons. The lowest BCUT2D eigenvalue weighted by Gasteiger charge is -2.08. The molecular weight excluding hydrogens is 100 g/mol. The number of hydrogen-bond donors (Lipinski definition) is 1. The number of rotatable bonds is 0. The summed E-state index contributed by atoms with van der Waals surface area (Å²) in [6, 6.07) is 0. The van der Waals surface area contributed by atoms with E-state index in [9.17, 15) is 0 Å². The summed E-state index contributed by atoms with van der Waals surface area (Å²) in [4.78, 5) is 0. The van der Waals surface area contributed by atoms with Crippen molar-refractivity contribution in [2.24, 2.45) is 0 Å². The average molecular weight is 114 g/mol. The normalized spacial score (nSPS) is 26.9. The molecule has 1 aliphatic rings. The van der Waals surface area contributed by atoms with Crippen molar-refractivity contribution in [2.75, 3.05) is 0 Å². The Balaban J connectivity index is 0.000000490. The maximum Gasteiger partial charge on any atom is 0.0577 e. The zero-order valence-corrected chi connectivity index (χ0v) is 4.30. The van der Waals surface area contributed by atoms with Gasteiger partial charge in [-0.2, -0.15) is 0 Å². The molecule has 0 saturated carbocycles. The summed E-state index contributed by atoms with van der Waals surface area (Å²) in [7, 11) is 0. The van der Waals surface area contributed by atoms with Gasteiger partial charge in [0.25, 0.3) is 0 Å². The second kappa shape index (κ2) is 3.67. The summed E-state index contributed by atoms with van der Waals surface area (Å²) in [5, 5.41) is 8.86. The van der Waals surface area contributed by atoms with Gasteiger partial charge in [-0.15, -0.1) is 0 Å². The van der Waals surface area contributed by atoms with E-state index >= 15 is 0 Å². The van der Waals surface area contributed by atoms with E-state index in [-0.39, 0.29) is 13.5 Å². The van der Waals surface area contributed by atoms with Crippen LogP contribution in [0.1, 0.15) is 26.7 Å². The van der Waals surface area contributed by atoms with Gasteiger partial charge < -0.3 is 5.11 Å². The van der Waals surface area contributed by atoms with Gasteiger partial charge in [0, 0.05) is 0 Å². The van der Waals surface area contributed by atoms with E-state index in [0.29, 0.717) is 0 Å². The highest BCUT2D eigenvalue weighted by atomic mass is 16.3. The second-order valence-electron chi connectivity index (χ2n) is 1.94. The lowest BCUT2D eigenvalue weighted by Crippen LogP contribution is -2.06. The monoisotopic (exact) mass is 114 g/mol. The van der Waals surface area contributed by atoms with E-state index in [2.05, 4.69) is 6.08 Å². The number of aliphatic hydroxyl groups is 1. The molecule has 0 spiro atoms. The van der Waals surface area contributed by atoms with Crippen LogP contribution in [0.15, 0.2) is 12.2 Å². The van der Waals surface area contributed by atoms with Crippen molar-refractivity contribution in [1.29, 1.82) is 0 Å².